The molecule has 2 atom stereocenters. The van der Waals surface area contributed by atoms with Crippen molar-refractivity contribution in [3.63, 3.8) is 0 Å². The third-order valence-electron chi connectivity index (χ3n) is 5.55. The lowest BCUT2D eigenvalue weighted by Crippen LogP contribution is -2.36. The first-order chi connectivity index (χ1) is 13.7. The molecule has 0 bridgehead atoms. The highest BCUT2D eigenvalue weighted by Gasteiger charge is 2.42. The Morgan fingerprint density at radius 2 is 1.69 bits per heavy atom. The number of amides is 1. The van der Waals surface area contributed by atoms with Gasteiger partial charge in [-0.1, -0.05) is 12.1 Å². The van der Waals surface area contributed by atoms with E-state index >= 15 is 0 Å². The predicted molar refractivity (Wildman–Crippen MR) is 95.3 cm³/mol. The second-order valence-corrected chi connectivity index (χ2v) is 7.58. The first kappa shape index (κ1) is 19.4. The van der Waals surface area contributed by atoms with Crippen LogP contribution in [0.1, 0.15) is 21.5 Å². The summed E-state index contributed by atoms with van der Waals surface area (Å²) in [7, 11) is 0. The standard InChI is InChI=1S/C19H19F3N4O3/c20-19(21,22)16-3-1-12(2-4-16)6-24-7-14-9-25(10-15(14)8-24)18(29)26-11-13(5-23-26)17(27)28/h1-5,11,14-15H,6-10H2,(H,27,28). The lowest BCUT2D eigenvalue weighted by Gasteiger charge is -2.21. The second kappa shape index (κ2) is 7.18. The van der Waals surface area contributed by atoms with Crippen molar-refractivity contribution < 1.29 is 27.9 Å². The largest absolute Gasteiger partial charge is 0.478 e. The number of rotatable bonds is 3. The summed E-state index contributed by atoms with van der Waals surface area (Å²) in [6, 6.07) is 4.86. The molecule has 1 aromatic heterocycles. The molecular formula is C19H19F3N4O3. The van der Waals surface area contributed by atoms with Crippen LogP contribution >= 0.6 is 0 Å². The molecule has 4 rings (SSSR count). The van der Waals surface area contributed by atoms with Gasteiger partial charge in [0.1, 0.15) is 0 Å². The van der Waals surface area contributed by atoms with E-state index in [0.717, 1.165) is 41.7 Å². The molecule has 1 N–H and O–H groups in total. The van der Waals surface area contributed by atoms with Crippen molar-refractivity contribution in [1.82, 2.24) is 19.6 Å². The van der Waals surface area contributed by atoms with Gasteiger partial charge in [0.05, 0.1) is 23.5 Å². The van der Waals surface area contributed by atoms with Crippen molar-refractivity contribution in [2.75, 3.05) is 26.2 Å². The molecule has 2 aliphatic heterocycles. The number of likely N-dealkylation sites (tertiary alicyclic amines) is 2. The Hall–Kier alpha value is -2.88. The van der Waals surface area contributed by atoms with E-state index in [1.807, 2.05) is 0 Å². The quantitative estimate of drug-likeness (QED) is 0.845. The SMILES string of the molecule is O=C(O)c1cnn(C(=O)N2CC3CN(Cc4ccc(C(F)(F)F)cc4)CC3C2)c1. The molecule has 2 fully saturated rings. The number of aromatic carboxylic acids is 1. The average Bonchev–Trinajstić information content (AvgIpc) is 3.35. The Morgan fingerprint density at radius 3 is 2.21 bits per heavy atom. The van der Waals surface area contributed by atoms with E-state index in [9.17, 15) is 22.8 Å². The first-order valence-corrected chi connectivity index (χ1v) is 9.16. The number of halogens is 3. The lowest BCUT2D eigenvalue weighted by molar-refractivity contribution is -0.137. The van der Waals surface area contributed by atoms with E-state index in [4.69, 9.17) is 5.11 Å². The molecule has 0 spiro atoms. The van der Waals surface area contributed by atoms with E-state index in [1.165, 1.54) is 18.3 Å². The Morgan fingerprint density at radius 1 is 1.07 bits per heavy atom. The minimum atomic E-state index is -4.33. The summed E-state index contributed by atoms with van der Waals surface area (Å²) in [5, 5.41) is 12.8. The van der Waals surface area contributed by atoms with Gasteiger partial charge in [-0.3, -0.25) is 4.90 Å². The molecule has 1 amide bonds. The van der Waals surface area contributed by atoms with E-state index < -0.39 is 17.7 Å². The molecule has 0 saturated carbocycles. The van der Waals surface area contributed by atoms with Crippen LogP contribution in [0.25, 0.3) is 0 Å². The van der Waals surface area contributed by atoms with Gasteiger partial charge in [0, 0.05) is 32.7 Å². The number of fused-ring (bicyclic) bond motifs is 1. The molecule has 2 saturated heterocycles. The molecule has 1 aromatic carbocycles. The van der Waals surface area contributed by atoms with Crippen LogP contribution in [0.4, 0.5) is 18.0 Å². The highest BCUT2D eigenvalue weighted by molar-refractivity contribution is 5.88. The van der Waals surface area contributed by atoms with Crippen molar-refractivity contribution in [2.24, 2.45) is 11.8 Å². The van der Waals surface area contributed by atoms with Crippen LogP contribution in [-0.2, 0) is 12.7 Å². The van der Waals surface area contributed by atoms with Crippen molar-refractivity contribution in [3.05, 3.63) is 53.3 Å². The summed E-state index contributed by atoms with van der Waals surface area (Å²) < 4.78 is 39.0. The van der Waals surface area contributed by atoms with Gasteiger partial charge in [-0.2, -0.15) is 23.0 Å². The molecule has 3 heterocycles. The van der Waals surface area contributed by atoms with E-state index in [0.29, 0.717) is 19.6 Å². The van der Waals surface area contributed by atoms with Crippen LogP contribution in [0, 0.1) is 11.8 Å². The van der Waals surface area contributed by atoms with Crippen molar-refractivity contribution in [3.8, 4) is 0 Å². The third-order valence-corrected chi connectivity index (χ3v) is 5.55. The van der Waals surface area contributed by atoms with Gasteiger partial charge in [-0.05, 0) is 29.5 Å². The van der Waals surface area contributed by atoms with Gasteiger partial charge in [0.2, 0.25) is 0 Å². The molecule has 2 aliphatic rings. The zero-order chi connectivity index (χ0) is 20.8. The molecule has 0 radical (unpaired) electrons. The van der Waals surface area contributed by atoms with E-state index in [2.05, 4.69) is 10.00 Å². The number of aromatic nitrogens is 2. The maximum absolute atomic E-state index is 12.7. The maximum atomic E-state index is 12.7. The summed E-state index contributed by atoms with van der Waals surface area (Å²) >= 11 is 0. The highest BCUT2D eigenvalue weighted by atomic mass is 19.4. The number of carboxylic acid groups (broad SMARTS) is 1. The van der Waals surface area contributed by atoms with Gasteiger partial charge in [-0.25, -0.2) is 9.59 Å². The summed E-state index contributed by atoms with van der Waals surface area (Å²) in [5.41, 5.74) is 0.127. The number of nitrogens with zero attached hydrogens (tertiary/aromatic N) is 4. The molecule has 10 heteroatoms. The van der Waals surface area contributed by atoms with Crippen LogP contribution in [0.15, 0.2) is 36.7 Å². The normalized spacial score (nSPS) is 22.1. The van der Waals surface area contributed by atoms with Gasteiger partial charge in [0.15, 0.2) is 0 Å². The lowest BCUT2D eigenvalue weighted by atomic mass is 10.0. The molecule has 29 heavy (non-hydrogen) atoms. The number of alkyl halides is 3. The fraction of sp³-hybridized carbons (Fsp3) is 0.421. The number of benzene rings is 1. The summed E-state index contributed by atoms with van der Waals surface area (Å²) in [6.45, 7) is 3.19. The minimum absolute atomic E-state index is 0.0412. The monoisotopic (exact) mass is 408 g/mol. The first-order valence-electron chi connectivity index (χ1n) is 9.16. The van der Waals surface area contributed by atoms with Crippen LogP contribution in [0.3, 0.4) is 0 Å². The molecule has 2 unspecified atom stereocenters. The fourth-order valence-corrected chi connectivity index (χ4v) is 4.12. The zero-order valence-electron chi connectivity index (χ0n) is 15.3. The van der Waals surface area contributed by atoms with Gasteiger partial charge in [0.25, 0.3) is 0 Å². The Labute approximate surface area is 164 Å². The minimum Gasteiger partial charge on any atom is -0.478 e. The molecule has 0 aliphatic carbocycles. The number of hydrogen-bond acceptors (Lipinski definition) is 4. The molecule has 2 aromatic rings. The highest BCUT2D eigenvalue weighted by Crippen LogP contribution is 2.33. The second-order valence-electron chi connectivity index (χ2n) is 7.58. The molecule has 7 nitrogen and oxygen atoms in total. The van der Waals surface area contributed by atoms with Crippen molar-refractivity contribution in [2.45, 2.75) is 12.7 Å². The number of carbonyl (C=O) groups excluding carboxylic acids is 1. The number of carboxylic acids is 1. The summed E-state index contributed by atoms with van der Waals surface area (Å²) in [5.74, 6) is -0.577. The van der Waals surface area contributed by atoms with Gasteiger partial charge < -0.3 is 10.0 Å². The van der Waals surface area contributed by atoms with E-state index in [-0.39, 0.29) is 23.4 Å². The van der Waals surface area contributed by atoms with Crippen LogP contribution in [0.5, 0.6) is 0 Å². The summed E-state index contributed by atoms with van der Waals surface area (Å²) in [4.78, 5) is 27.3. The smallest absolute Gasteiger partial charge is 0.416 e. The molecule has 154 valence electrons. The van der Waals surface area contributed by atoms with Gasteiger partial charge in [-0.15, -0.1) is 0 Å². The van der Waals surface area contributed by atoms with Crippen molar-refractivity contribution >= 4 is 12.0 Å². The topological polar surface area (TPSA) is 78.7 Å². The Balaban J connectivity index is 1.32. The van der Waals surface area contributed by atoms with E-state index in [1.54, 1.807) is 4.90 Å². The average molecular weight is 408 g/mol. The number of hydrogen-bond donors (Lipinski definition) is 1. The van der Waals surface area contributed by atoms with Crippen molar-refractivity contribution in [1.29, 1.82) is 0 Å². The van der Waals surface area contributed by atoms with Crippen LogP contribution in [-0.4, -0.2) is 62.9 Å². The third kappa shape index (κ3) is 3.98. The predicted octanol–water partition coefficient (Wildman–Crippen LogP) is 2.63. The summed E-state index contributed by atoms with van der Waals surface area (Å²) in [6.07, 6.45) is -1.99. The Kier molecular flexibility index (Phi) is 4.81. The fourth-order valence-electron chi connectivity index (χ4n) is 4.12. The van der Waals surface area contributed by atoms with Crippen LogP contribution in [0.2, 0.25) is 0 Å². The molecular weight excluding hydrogens is 389 g/mol. The number of carbonyl (C=O) groups is 2. The van der Waals surface area contributed by atoms with Crippen LogP contribution < -0.4 is 0 Å². The zero-order valence-corrected chi connectivity index (χ0v) is 15.3. The maximum Gasteiger partial charge on any atom is 0.416 e. The van der Waals surface area contributed by atoms with Gasteiger partial charge >= 0.3 is 18.2 Å². The Bertz CT molecular complexity index is 912.